The van der Waals surface area contributed by atoms with Gasteiger partial charge in [-0.15, -0.1) is 11.8 Å². The molecular weight excluding hydrogens is 322 g/mol. The molecule has 2 N–H and O–H groups in total. The van der Waals surface area contributed by atoms with E-state index in [9.17, 15) is 0 Å². The maximum absolute atomic E-state index is 6.00. The van der Waals surface area contributed by atoms with Crippen LogP contribution in [0.3, 0.4) is 0 Å². The lowest BCUT2D eigenvalue weighted by Crippen LogP contribution is -2.15. The number of hydrogen-bond acceptors (Lipinski definition) is 3. The minimum Gasteiger partial charge on any atom is -0.489 e. The van der Waals surface area contributed by atoms with Crippen molar-refractivity contribution in [3.05, 3.63) is 52.5 Å². The fraction of sp³-hybridized carbons (Fsp3) is 0.200. The molecule has 0 aliphatic carbocycles. The van der Waals surface area contributed by atoms with Crippen LogP contribution in [-0.4, -0.2) is 11.9 Å². The SMILES string of the molecule is Nc1cc(Br)ccc1SCC1Cc2ccccc2O1. The summed E-state index contributed by atoms with van der Waals surface area (Å²) in [7, 11) is 0. The number of benzene rings is 2. The normalized spacial score (nSPS) is 17.0. The molecule has 1 atom stereocenters. The van der Waals surface area contributed by atoms with Gasteiger partial charge in [-0.05, 0) is 29.8 Å². The Balaban J connectivity index is 1.63. The number of thioether (sulfide) groups is 1. The monoisotopic (exact) mass is 335 g/mol. The minimum absolute atomic E-state index is 0.241. The van der Waals surface area contributed by atoms with Gasteiger partial charge in [-0.2, -0.15) is 0 Å². The van der Waals surface area contributed by atoms with Gasteiger partial charge in [-0.3, -0.25) is 0 Å². The Hall–Kier alpha value is -1.13. The molecule has 1 heterocycles. The molecule has 2 aromatic carbocycles. The molecule has 4 heteroatoms. The van der Waals surface area contributed by atoms with E-state index in [1.807, 2.05) is 30.3 Å². The van der Waals surface area contributed by atoms with Crippen LogP contribution in [0.25, 0.3) is 0 Å². The largest absolute Gasteiger partial charge is 0.489 e. The highest BCUT2D eigenvalue weighted by molar-refractivity contribution is 9.10. The number of para-hydroxylation sites is 1. The van der Waals surface area contributed by atoms with Crippen molar-refractivity contribution in [3.63, 3.8) is 0 Å². The van der Waals surface area contributed by atoms with Crippen LogP contribution in [0.2, 0.25) is 0 Å². The molecule has 0 spiro atoms. The Labute approximate surface area is 125 Å². The smallest absolute Gasteiger partial charge is 0.123 e. The first-order valence-corrected chi connectivity index (χ1v) is 7.92. The number of anilines is 1. The number of nitrogen functional groups attached to an aromatic ring is 1. The Bertz CT molecular complexity index is 577. The molecule has 1 aliphatic rings. The van der Waals surface area contributed by atoms with E-state index in [-0.39, 0.29) is 6.10 Å². The van der Waals surface area contributed by atoms with Crippen molar-refractivity contribution in [1.29, 1.82) is 0 Å². The lowest BCUT2D eigenvalue weighted by molar-refractivity contribution is 0.259. The molecule has 0 bridgehead atoms. The quantitative estimate of drug-likeness (QED) is 0.676. The van der Waals surface area contributed by atoms with Crippen LogP contribution in [0.1, 0.15) is 5.56 Å². The summed E-state index contributed by atoms with van der Waals surface area (Å²) in [5.74, 6) is 1.94. The minimum atomic E-state index is 0.241. The second kappa shape index (κ2) is 5.47. The molecule has 2 nitrogen and oxygen atoms in total. The Kier molecular flexibility index (Phi) is 3.71. The zero-order chi connectivity index (χ0) is 13.2. The van der Waals surface area contributed by atoms with E-state index in [1.54, 1.807) is 11.8 Å². The van der Waals surface area contributed by atoms with E-state index in [4.69, 9.17) is 10.5 Å². The standard InChI is InChI=1S/C15H14BrNOS/c16-11-5-6-15(13(17)8-11)19-9-12-7-10-3-1-2-4-14(10)18-12/h1-6,8,12H,7,9,17H2. The van der Waals surface area contributed by atoms with Crippen molar-refractivity contribution in [2.75, 3.05) is 11.5 Å². The Morgan fingerprint density at radius 2 is 2.11 bits per heavy atom. The van der Waals surface area contributed by atoms with Gasteiger partial charge >= 0.3 is 0 Å². The van der Waals surface area contributed by atoms with Crippen LogP contribution in [0, 0.1) is 0 Å². The number of nitrogens with two attached hydrogens (primary N) is 1. The summed E-state index contributed by atoms with van der Waals surface area (Å²) >= 11 is 5.17. The fourth-order valence-corrected chi connectivity index (χ4v) is 3.50. The van der Waals surface area contributed by atoms with E-state index >= 15 is 0 Å². The molecule has 0 saturated carbocycles. The first kappa shape index (κ1) is 12.9. The topological polar surface area (TPSA) is 35.2 Å². The van der Waals surface area contributed by atoms with Gasteiger partial charge < -0.3 is 10.5 Å². The van der Waals surface area contributed by atoms with Gasteiger partial charge in [0, 0.05) is 27.2 Å². The molecular formula is C15H14BrNOS. The van der Waals surface area contributed by atoms with Crippen LogP contribution in [-0.2, 0) is 6.42 Å². The third kappa shape index (κ3) is 2.90. The van der Waals surface area contributed by atoms with Crippen LogP contribution >= 0.6 is 27.7 Å². The van der Waals surface area contributed by atoms with Crippen molar-refractivity contribution in [2.24, 2.45) is 0 Å². The third-order valence-electron chi connectivity index (χ3n) is 3.11. The van der Waals surface area contributed by atoms with Gasteiger partial charge in [0.05, 0.1) is 0 Å². The maximum Gasteiger partial charge on any atom is 0.123 e. The van der Waals surface area contributed by atoms with Gasteiger partial charge in [0.2, 0.25) is 0 Å². The van der Waals surface area contributed by atoms with Crippen molar-refractivity contribution in [3.8, 4) is 5.75 Å². The molecule has 98 valence electrons. The van der Waals surface area contributed by atoms with Crippen LogP contribution in [0.15, 0.2) is 51.8 Å². The molecule has 19 heavy (non-hydrogen) atoms. The summed E-state index contributed by atoms with van der Waals surface area (Å²) in [4.78, 5) is 1.11. The average molecular weight is 336 g/mol. The Morgan fingerprint density at radius 3 is 2.89 bits per heavy atom. The first-order chi connectivity index (χ1) is 9.22. The van der Waals surface area contributed by atoms with Crippen molar-refractivity contribution in [1.82, 2.24) is 0 Å². The van der Waals surface area contributed by atoms with Gasteiger partial charge in [0.15, 0.2) is 0 Å². The van der Waals surface area contributed by atoms with Crippen LogP contribution in [0.5, 0.6) is 5.75 Å². The molecule has 0 amide bonds. The van der Waals surface area contributed by atoms with E-state index in [1.165, 1.54) is 5.56 Å². The number of hydrogen-bond donors (Lipinski definition) is 1. The van der Waals surface area contributed by atoms with Gasteiger partial charge in [0.25, 0.3) is 0 Å². The highest BCUT2D eigenvalue weighted by Crippen LogP contribution is 2.33. The summed E-state index contributed by atoms with van der Waals surface area (Å²) < 4.78 is 6.93. The molecule has 0 saturated heterocycles. The summed E-state index contributed by atoms with van der Waals surface area (Å²) in [5.41, 5.74) is 8.12. The van der Waals surface area contributed by atoms with Crippen LogP contribution < -0.4 is 10.5 Å². The maximum atomic E-state index is 6.00. The Morgan fingerprint density at radius 1 is 1.26 bits per heavy atom. The second-order valence-corrected chi connectivity index (χ2v) is 6.52. The molecule has 1 aliphatic heterocycles. The molecule has 3 rings (SSSR count). The van der Waals surface area contributed by atoms with Crippen LogP contribution in [0.4, 0.5) is 5.69 Å². The summed E-state index contributed by atoms with van der Waals surface area (Å²) in [5, 5.41) is 0. The highest BCUT2D eigenvalue weighted by atomic mass is 79.9. The van der Waals surface area contributed by atoms with Crippen molar-refractivity contribution >= 4 is 33.4 Å². The zero-order valence-electron chi connectivity index (χ0n) is 10.3. The van der Waals surface area contributed by atoms with Gasteiger partial charge in [-0.25, -0.2) is 0 Å². The summed E-state index contributed by atoms with van der Waals surface area (Å²) in [6.07, 6.45) is 1.23. The lowest BCUT2D eigenvalue weighted by atomic mass is 10.1. The number of ether oxygens (including phenoxy) is 1. The third-order valence-corrected chi connectivity index (χ3v) is 4.82. The number of fused-ring (bicyclic) bond motifs is 1. The van der Waals surface area contributed by atoms with Gasteiger partial charge in [-0.1, -0.05) is 34.1 Å². The van der Waals surface area contributed by atoms with Gasteiger partial charge in [0.1, 0.15) is 11.9 Å². The van der Waals surface area contributed by atoms with E-state index < -0.39 is 0 Å². The summed E-state index contributed by atoms with van der Waals surface area (Å²) in [6, 6.07) is 14.2. The molecule has 0 radical (unpaired) electrons. The predicted molar refractivity (Wildman–Crippen MR) is 83.8 cm³/mol. The molecule has 1 unspecified atom stereocenters. The summed E-state index contributed by atoms with van der Waals surface area (Å²) in [6.45, 7) is 0. The van der Waals surface area contributed by atoms with Crippen molar-refractivity contribution in [2.45, 2.75) is 17.4 Å². The molecule has 0 fully saturated rings. The zero-order valence-corrected chi connectivity index (χ0v) is 12.7. The molecule has 2 aromatic rings. The van der Waals surface area contributed by atoms with E-state index in [2.05, 4.69) is 28.1 Å². The lowest BCUT2D eigenvalue weighted by Gasteiger charge is -2.11. The second-order valence-electron chi connectivity index (χ2n) is 4.54. The predicted octanol–water partition coefficient (Wildman–Crippen LogP) is 4.13. The number of rotatable bonds is 3. The molecule has 0 aromatic heterocycles. The van der Waals surface area contributed by atoms with E-state index in [0.717, 1.165) is 33.0 Å². The average Bonchev–Trinajstić information content (AvgIpc) is 2.80. The van der Waals surface area contributed by atoms with E-state index in [0.29, 0.717) is 0 Å². The van der Waals surface area contributed by atoms with Crippen molar-refractivity contribution < 1.29 is 4.74 Å². The highest BCUT2D eigenvalue weighted by Gasteiger charge is 2.22. The fourth-order valence-electron chi connectivity index (χ4n) is 2.18. The first-order valence-electron chi connectivity index (χ1n) is 6.15. The number of halogens is 1.